The second kappa shape index (κ2) is 10.1. The van der Waals surface area contributed by atoms with Gasteiger partial charge in [0, 0.05) is 6.07 Å². The Bertz CT molecular complexity index is 1010. The molecule has 0 heterocycles. The van der Waals surface area contributed by atoms with Crippen LogP contribution in [-0.2, 0) is 14.8 Å². The van der Waals surface area contributed by atoms with Gasteiger partial charge in [-0.2, -0.15) is 10.4 Å². The number of hydrogen-bond donors (Lipinski definition) is 1. The van der Waals surface area contributed by atoms with E-state index in [0.717, 1.165) is 10.6 Å². The van der Waals surface area contributed by atoms with Crippen molar-refractivity contribution in [2.45, 2.75) is 0 Å². The number of amides is 1. The molecule has 0 fully saturated rings. The van der Waals surface area contributed by atoms with Gasteiger partial charge in [-0.05, 0) is 42.0 Å². The molecule has 0 spiro atoms. The molecule has 0 bridgehead atoms. The number of nitrogens with one attached hydrogen (secondary N) is 1. The number of carbonyl (C=O) groups is 1. The first-order valence-electron chi connectivity index (χ1n) is 8.37. The highest BCUT2D eigenvalue weighted by molar-refractivity contribution is 7.92. The molecule has 9 nitrogen and oxygen atoms in total. The van der Waals surface area contributed by atoms with Crippen LogP contribution >= 0.6 is 0 Å². The molecule has 10 heteroatoms. The van der Waals surface area contributed by atoms with Crippen LogP contribution in [0.3, 0.4) is 0 Å². The summed E-state index contributed by atoms with van der Waals surface area (Å²) in [4.78, 5) is 12.2. The van der Waals surface area contributed by atoms with Crippen molar-refractivity contribution in [3.63, 3.8) is 0 Å². The average molecular weight is 416 g/mol. The first-order chi connectivity index (χ1) is 13.8. The predicted molar refractivity (Wildman–Crippen MR) is 108 cm³/mol. The molecule has 152 valence electrons. The molecule has 0 saturated heterocycles. The summed E-state index contributed by atoms with van der Waals surface area (Å²) in [5.74, 6) is 0.398. The van der Waals surface area contributed by atoms with Gasteiger partial charge in [-0.25, -0.2) is 13.8 Å². The van der Waals surface area contributed by atoms with E-state index in [2.05, 4.69) is 10.5 Å². The van der Waals surface area contributed by atoms with Crippen LogP contribution in [0, 0.1) is 11.3 Å². The molecule has 29 heavy (non-hydrogen) atoms. The number of methoxy groups -OCH3 is 1. The van der Waals surface area contributed by atoms with Crippen molar-refractivity contribution >= 4 is 27.8 Å². The fourth-order valence-electron chi connectivity index (χ4n) is 2.28. The molecule has 0 radical (unpaired) electrons. The Morgan fingerprint density at radius 1 is 1.24 bits per heavy atom. The number of nitriles is 1. The van der Waals surface area contributed by atoms with Gasteiger partial charge in [-0.15, -0.1) is 0 Å². The lowest BCUT2D eigenvalue weighted by Crippen LogP contribution is -2.39. The van der Waals surface area contributed by atoms with Gasteiger partial charge in [0.15, 0.2) is 6.61 Å². The van der Waals surface area contributed by atoms with Crippen molar-refractivity contribution in [3.05, 3.63) is 54.1 Å². The van der Waals surface area contributed by atoms with Gasteiger partial charge >= 0.3 is 0 Å². The van der Waals surface area contributed by atoms with E-state index in [1.807, 2.05) is 6.07 Å². The fraction of sp³-hybridized carbons (Fsp3) is 0.211. The van der Waals surface area contributed by atoms with E-state index < -0.39 is 22.5 Å². The molecule has 1 amide bonds. The van der Waals surface area contributed by atoms with Crippen LogP contribution in [-0.4, -0.2) is 47.1 Å². The molecule has 1 N–H and O–H groups in total. The number of hydrogen-bond acceptors (Lipinski definition) is 7. The SMILES string of the molecule is COc1cccc(N(CC(=O)N/N=C\c2ccc(OCC#N)cc2)S(C)(=O)=O)c1. The molecule has 0 aliphatic rings. The Morgan fingerprint density at radius 3 is 2.59 bits per heavy atom. The maximum atomic E-state index is 12.2. The van der Waals surface area contributed by atoms with E-state index in [4.69, 9.17) is 14.7 Å². The zero-order chi connectivity index (χ0) is 21.3. The van der Waals surface area contributed by atoms with Gasteiger partial charge in [-0.3, -0.25) is 9.10 Å². The molecular weight excluding hydrogens is 396 g/mol. The summed E-state index contributed by atoms with van der Waals surface area (Å²) >= 11 is 0. The molecule has 0 aliphatic carbocycles. The van der Waals surface area contributed by atoms with Crippen LogP contribution < -0.4 is 19.2 Å². The van der Waals surface area contributed by atoms with E-state index in [9.17, 15) is 13.2 Å². The van der Waals surface area contributed by atoms with Crippen molar-refractivity contribution < 1.29 is 22.7 Å². The first kappa shape index (κ1) is 21.7. The van der Waals surface area contributed by atoms with Crippen molar-refractivity contribution in [3.8, 4) is 17.6 Å². The molecule has 0 saturated carbocycles. The molecule has 0 aromatic heterocycles. The zero-order valence-corrected chi connectivity index (χ0v) is 16.7. The maximum Gasteiger partial charge on any atom is 0.260 e. The number of anilines is 1. The minimum atomic E-state index is -3.70. The minimum absolute atomic E-state index is 0.0480. The number of benzene rings is 2. The molecule has 2 aromatic rings. The Morgan fingerprint density at radius 2 is 1.97 bits per heavy atom. The third kappa shape index (κ3) is 6.82. The Balaban J connectivity index is 2.01. The molecular formula is C19H20N4O5S. The summed E-state index contributed by atoms with van der Waals surface area (Å²) in [6.45, 7) is -0.488. The summed E-state index contributed by atoms with van der Waals surface area (Å²) in [6.07, 6.45) is 2.42. The van der Waals surface area contributed by atoms with Crippen molar-refractivity contribution in [2.75, 3.05) is 30.8 Å². The lowest BCUT2D eigenvalue weighted by Gasteiger charge is -2.21. The highest BCUT2D eigenvalue weighted by Gasteiger charge is 2.21. The van der Waals surface area contributed by atoms with Gasteiger partial charge in [-0.1, -0.05) is 6.07 Å². The van der Waals surface area contributed by atoms with Crippen molar-refractivity contribution in [2.24, 2.45) is 5.10 Å². The fourth-order valence-corrected chi connectivity index (χ4v) is 3.12. The van der Waals surface area contributed by atoms with Crippen molar-refractivity contribution in [1.82, 2.24) is 5.43 Å². The molecule has 2 aromatic carbocycles. The van der Waals surface area contributed by atoms with Crippen LogP contribution in [0.15, 0.2) is 53.6 Å². The number of sulfonamides is 1. The maximum absolute atomic E-state index is 12.2. The topological polar surface area (TPSA) is 121 Å². The third-order valence-electron chi connectivity index (χ3n) is 3.62. The summed E-state index contributed by atoms with van der Waals surface area (Å²) in [7, 11) is -2.23. The molecule has 0 unspecified atom stereocenters. The second-order valence-electron chi connectivity index (χ2n) is 5.78. The molecule has 0 atom stereocenters. The quantitative estimate of drug-likeness (QED) is 0.489. The summed E-state index contributed by atoms with van der Waals surface area (Å²) in [5, 5.41) is 12.3. The van der Waals surface area contributed by atoms with Crippen LogP contribution in [0.4, 0.5) is 5.69 Å². The van der Waals surface area contributed by atoms with E-state index in [1.165, 1.54) is 19.4 Å². The molecule has 0 aliphatic heterocycles. The number of carbonyl (C=O) groups excluding carboxylic acids is 1. The Labute approximate surface area is 169 Å². The van der Waals surface area contributed by atoms with Gasteiger partial charge in [0.1, 0.15) is 24.1 Å². The third-order valence-corrected chi connectivity index (χ3v) is 4.76. The average Bonchev–Trinajstić information content (AvgIpc) is 2.70. The van der Waals surface area contributed by atoms with Crippen LogP contribution in [0.2, 0.25) is 0 Å². The highest BCUT2D eigenvalue weighted by atomic mass is 32.2. The number of hydrazone groups is 1. The van der Waals surface area contributed by atoms with Gasteiger partial charge < -0.3 is 9.47 Å². The van der Waals surface area contributed by atoms with Crippen LogP contribution in [0.25, 0.3) is 0 Å². The first-order valence-corrected chi connectivity index (χ1v) is 10.2. The number of nitrogens with zero attached hydrogens (tertiary/aromatic N) is 3. The van der Waals surface area contributed by atoms with Crippen molar-refractivity contribution in [1.29, 1.82) is 5.26 Å². The van der Waals surface area contributed by atoms with Crippen LogP contribution in [0.5, 0.6) is 11.5 Å². The van der Waals surface area contributed by atoms with E-state index in [1.54, 1.807) is 42.5 Å². The zero-order valence-electron chi connectivity index (χ0n) is 15.9. The van der Waals surface area contributed by atoms with Crippen LogP contribution in [0.1, 0.15) is 5.56 Å². The van der Waals surface area contributed by atoms with Gasteiger partial charge in [0.2, 0.25) is 10.0 Å². The largest absolute Gasteiger partial charge is 0.497 e. The van der Waals surface area contributed by atoms with Gasteiger partial charge in [0.05, 0.1) is 25.3 Å². The summed E-state index contributed by atoms with van der Waals surface area (Å²) < 4.78 is 35.4. The second-order valence-corrected chi connectivity index (χ2v) is 7.69. The number of ether oxygens (including phenoxy) is 2. The Hall–Kier alpha value is -3.58. The summed E-state index contributed by atoms with van der Waals surface area (Å²) in [5.41, 5.74) is 3.29. The smallest absolute Gasteiger partial charge is 0.260 e. The lowest BCUT2D eigenvalue weighted by atomic mass is 10.2. The minimum Gasteiger partial charge on any atom is -0.497 e. The normalized spacial score (nSPS) is 10.9. The van der Waals surface area contributed by atoms with E-state index in [-0.39, 0.29) is 6.61 Å². The van der Waals surface area contributed by atoms with E-state index in [0.29, 0.717) is 22.7 Å². The number of rotatable bonds is 9. The lowest BCUT2D eigenvalue weighted by molar-refractivity contribution is -0.119. The molecule has 2 rings (SSSR count). The predicted octanol–water partition coefficient (Wildman–Crippen LogP) is 1.51. The highest BCUT2D eigenvalue weighted by Crippen LogP contribution is 2.22. The Kier molecular flexibility index (Phi) is 7.56. The standard InChI is InChI=1S/C19H20N4O5S/c1-27-18-5-3-4-16(12-18)23(29(2,25)26)14-19(24)22-21-13-15-6-8-17(9-7-15)28-11-10-20/h3-9,12-13H,11,14H2,1-2H3,(H,22,24)/b21-13-. The summed E-state index contributed by atoms with van der Waals surface area (Å²) in [6, 6.07) is 15.0. The van der Waals surface area contributed by atoms with E-state index >= 15 is 0 Å². The van der Waals surface area contributed by atoms with Gasteiger partial charge in [0.25, 0.3) is 5.91 Å². The monoisotopic (exact) mass is 416 g/mol.